The minimum absolute atomic E-state index is 0.123. The first kappa shape index (κ1) is 15.4. The predicted molar refractivity (Wildman–Crippen MR) is 68.2 cm³/mol. The molecule has 0 amide bonds. The quantitative estimate of drug-likeness (QED) is 0.552. The largest absolute Gasteiger partial charge is 0.462 e. The Kier molecular flexibility index (Phi) is 7.23. The van der Waals surface area contributed by atoms with E-state index >= 15 is 0 Å². The van der Waals surface area contributed by atoms with Crippen molar-refractivity contribution in [1.29, 1.82) is 0 Å². The highest BCUT2D eigenvalue weighted by Gasteiger charge is 2.21. The van der Waals surface area contributed by atoms with Gasteiger partial charge in [-0.15, -0.1) is 0 Å². The van der Waals surface area contributed by atoms with Crippen molar-refractivity contribution >= 4 is 5.97 Å². The number of rotatable bonds is 7. The molecule has 0 saturated carbocycles. The van der Waals surface area contributed by atoms with Crippen molar-refractivity contribution in [3.8, 4) is 0 Å². The summed E-state index contributed by atoms with van der Waals surface area (Å²) >= 11 is 0. The molecule has 1 aliphatic rings. The lowest BCUT2D eigenvalue weighted by Gasteiger charge is -2.23. The number of likely N-dealkylation sites (N-methyl/N-ethyl adjacent to an activating group) is 1. The Balaban J connectivity index is 2.11. The lowest BCUT2D eigenvalue weighted by atomic mass is 10.1. The van der Waals surface area contributed by atoms with Gasteiger partial charge in [-0.2, -0.15) is 0 Å². The lowest BCUT2D eigenvalue weighted by Crippen LogP contribution is -2.40. The predicted octanol–water partition coefficient (Wildman–Crippen LogP) is 1.32. The van der Waals surface area contributed by atoms with E-state index in [-0.39, 0.29) is 30.8 Å². The first-order valence-corrected chi connectivity index (χ1v) is 6.72. The molecule has 5 heteroatoms. The summed E-state index contributed by atoms with van der Waals surface area (Å²) in [6.07, 6.45) is 3.05. The lowest BCUT2D eigenvalue weighted by molar-refractivity contribution is -0.174. The molecule has 0 aromatic carbocycles. The van der Waals surface area contributed by atoms with Crippen LogP contribution in [0.4, 0.5) is 0 Å². The number of carbonyl (C=O) groups excluding carboxylic acids is 1. The fourth-order valence-electron chi connectivity index (χ4n) is 1.98. The fraction of sp³-hybridized carbons (Fsp3) is 0.923. The fourth-order valence-corrected chi connectivity index (χ4v) is 1.98. The molecule has 0 aromatic heterocycles. The van der Waals surface area contributed by atoms with Crippen LogP contribution < -0.4 is 5.32 Å². The second kappa shape index (κ2) is 8.45. The number of hydrogen-bond donors (Lipinski definition) is 1. The van der Waals surface area contributed by atoms with E-state index in [1.165, 1.54) is 0 Å². The number of hydrogen-bond acceptors (Lipinski definition) is 5. The highest BCUT2D eigenvalue weighted by Crippen LogP contribution is 2.13. The van der Waals surface area contributed by atoms with Gasteiger partial charge < -0.3 is 19.5 Å². The Bertz CT molecular complexity index is 239. The van der Waals surface area contributed by atoms with E-state index in [2.05, 4.69) is 5.32 Å². The minimum Gasteiger partial charge on any atom is -0.462 e. The monoisotopic (exact) mass is 259 g/mol. The molecule has 18 heavy (non-hydrogen) atoms. The van der Waals surface area contributed by atoms with Crippen LogP contribution in [0.5, 0.6) is 0 Å². The van der Waals surface area contributed by atoms with Gasteiger partial charge in [0.2, 0.25) is 0 Å². The number of ether oxygens (including phenoxy) is 3. The number of esters is 1. The summed E-state index contributed by atoms with van der Waals surface area (Å²) in [5.74, 6) is -0.00856. The van der Waals surface area contributed by atoms with Crippen molar-refractivity contribution in [2.45, 2.75) is 45.4 Å². The Morgan fingerprint density at radius 1 is 1.39 bits per heavy atom. The first-order valence-electron chi connectivity index (χ1n) is 6.72. The molecule has 0 aromatic rings. The van der Waals surface area contributed by atoms with Gasteiger partial charge in [-0.1, -0.05) is 13.8 Å². The standard InChI is InChI=1S/C13H25NO4/c1-10(2)12(14-3)13(15)18-9-8-17-11-6-4-5-7-16-11/h10-12,14H,4-9H2,1-3H3/t11?,12-/m0/s1. The average molecular weight is 259 g/mol. The second-order valence-corrected chi connectivity index (χ2v) is 4.84. The number of nitrogens with one attached hydrogen (secondary N) is 1. The molecule has 5 nitrogen and oxygen atoms in total. The Morgan fingerprint density at radius 3 is 2.72 bits per heavy atom. The molecule has 1 saturated heterocycles. The summed E-state index contributed by atoms with van der Waals surface area (Å²) in [5.41, 5.74) is 0. The molecule has 0 bridgehead atoms. The zero-order valence-electron chi connectivity index (χ0n) is 11.6. The SMILES string of the molecule is CN[C@H](C(=O)OCCOC1CCCCO1)C(C)C. The normalized spacial score (nSPS) is 21.9. The third kappa shape index (κ3) is 5.33. The van der Waals surface area contributed by atoms with Crippen molar-refractivity contribution in [2.24, 2.45) is 5.92 Å². The van der Waals surface area contributed by atoms with E-state index in [1.807, 2.05) is 13.8 Å². The summed E-state index contributed by atoms with van der Waals surface area (Å²) in [6, 6.07) is -0.254. The maximum atomic E-state index is 11.7. The molecular formula is C13H25NO4. The van der Waals surface area contributed by atoms with Crippen molar-refractivity contribution < 1.29 is 19.0 Å². The molecule has 1 fully saturated rings. The molecule has 0 spiro atoms. The highest BCUT2D eigenvalue weighted by atomic mass is 16.7. The first-order chi connectivity index (χ1) is 8.65. The van der Waals surface area contributed by atoms with Gasteiger partial charge in [-0.25, -0.2) is 0 Å². The Labute approximate surface area is 109 Å². The molecule has 1 aliphatic heterocycles. The zero-order chi connectivity index (χ0) is 13.4. The molecule has 0 radical (unpaired) electrons. The van der Waals surface area contributed by atoms with Gasteiger partial charge in [0.15, 0.2) is 6.29 Å². The van der Waals surface area contributed by atoms with E-state index in [0.717, 1.165) is 25.9 Å². The van der Waals surface area contributed by atoms with Crippen LogP contribution in [0.2, 0.25) is 0 Å². The maximum Gasteiger partial charge on any atom is 0.323 e. The highest BCUT2D eigenvalue weighted by molar-refractivity contribution is 5.76. The maximum absolute atomic E-state index is 11.7. The van der Waals surface area contributed by atoms with E-state index < -0.39 is 0 Å². The molecule has 1 rings (SSSR count). The van der Waals surface area contributed by atoms with Gasteiger partial charge in [0.1, 0.15) is 12.6 Å². The number of carbonyl (C=O) groups is 1. The van der Waals surface area contributed by atoms with Crippen molar-refractivity contribution in [3.05, 3.63) is 0 Å². The molecule has 1 unspecified atom stereocenters. The Hall–Kier alpha value is -0.650. The third-order valence-corrected chi connectivity index (χ3v) is 3.00. The van der Waals surface area contributed by atoms with E-state index in [4.69, 9.17) is 14.2 Å². The molecule has 1 N–H and O–H groups in total. The summed E-state index contributed by atoms with van der Waals surface area (Å²) in [7, 11) is 1.76. The van der Waals surface area contributed by atoms with Crippen molar-refractivity contribution in [3.63, 3.8) is 0 Å². The molecule has 2 atom stereocenters. The van der Waals surface area contributed by atoms with Crippen LogP contribution in [-0.4, -0.2) is 45.2 Å². The van der Waals surface area contributed by atoms with Crippen LogP contribution in [0.25, 0.3) is 0 Å². The topological polar surface area (TPSA) is 56.8 Å². The van der Waals surface area contributed by atoms with E-state index in [1.54, 1.807) is 7.05 Å². The van der Waals surface area contributed by atoms with Gasteiger partial charge in [0, 0.05) is 6.61 Å². The van der Waals surface area contributed by atoms with Gasteiger partial charge in [-0.3, -0.25) is 4.79 Å². The smallest absolute Gasteiger partial charge is 0.323 e. The average Bonchev–Trinajstić information content (AvgIpc) is 2.36. The van der Waals surface area contributed by atoms with Gasteiger partial charge in [0.05, 0.1) is 6.61 Å². The molecular weight excluding hydrogens is 234 g/mol. The zero-order valence-corrected chi connectivity index (χ0v) is 11.6. The van der Waals surface area contributed by atoms with E-state index in [9.17, 15) is 4.79 Å². The molecule has 1 heterocycles. The van der Waals surface area contributed by atoms with Crippen molar-refractivity contribution in [2.75, 3.05) is 26.9 Å². The minimum atomic E-state index is -0.254. The van der Waals surface area contributed by atoms with Crippen LogP contribution in [-0.2, 0) is 19.0 Å². The van der Waals surface area contributed by atoms with Crippen LogP contribution in [0.1, 0.15) is 33.1 Å². The second-order valence-electron chi connectivity index (χ2n) is 4.84. The third-order valence-electron chi connectivity index (χ3n) is 3.00. The van der Waals surface area contributed by atoms with Gasteiger partial charge in [0.25, 0.3) is 0 Å². The molecule has 0 aliphatic carbocycles. The Morgan fingerprint density at radius 2 is 2.17 bits per heavy atom. The summed E-state index contributed by atoms with van der Waals surface area (Å²) < 4.78 is 16.1. The van der Waals surface area contributed by atoms with Crippen molar-refractivity contribution in [1.82, 2.24) is 5.32 Å². The van der Waals surface area contributed by atoms with E-state index in [0.29, 0.717) is 6.61 Å². The summed E-state index contributed by atoms with van der Waals surface area (Å²) in [4.78, 5) is 11.7. The van der Waals surface area contributed by atoms with Gasteiger partial charge >= 0.3 is 5.97 Å². The summed E-state index contributed by atoms with van der Waals surface area (Å²) in [6.45, 7) is 5.40. The van der Waals surface area contributed by atoms with Crippen LogP contribution in [0.15, 0.2) is 0 Å². The van der Waals surface area contributed by atoms with Crippen LogP contribution >= 0.6 is 0 Å². The van der Waals surface area contributed by atoms with Crippen LogP contribution in [0, 0.1) is 5.92 Å². The van der Waals surface area contributed by atoms with Crippen LogP contribution in [0.3, 0.4) is 0 Å². The van der Waals surface area contributed by atoms with Gasteiger partial charge in [-0.05, 0) is 32.2 Å². The summed E-state index contributed by atoms with van der Waals surface area (Å²) in [5, 5.41) is 2.95. The molecule has 106 valence electrons.